The van der Waals surface area contributed by atoms with Crippen LogP contribution < -0.4 is 5.32 Å². The van der Waals surface area contributed by atoms with E-state index in [-0.39, 0.29) is 5.91 Å². The zero-order valence-electron chi connectivity index (χ0n) is 13.3. The number of fused-ring (bicyclic) bond motifs is 1. The topological polar surface area (TPSA) is 70.7 Å². The maximum absolute atomic E-state index is 12.3. The molecular weight excluding hydrogens is 371 g/mol. The Morgan fingerprint density at radius 3 is 2.65 bits per heavy atom. The SMILES string of the molecule is O=C(Nc1ccc(Cl)c(-c2nc3ccccc3[nH]2)c1)c1ccc(Cl)nc1. The number of para-hydroxylation sites is 2. The second kappa shape index (κ2) is 6.78. The summed E-state index contributed by atoms with van der Waals surface area (Å²) in [6.07, 6.45) is 1.42. The highest BCUT2D eigenvalue weighted by Gasteiger charge is 2.12. The molecule has 2 N–H and O–H groups in total. The van der Waals surface area contributed by atoms with E-state index in [1.165, 1.54) is 6.20 Å². The third kappa shape index (κ3) is 3.27. The molecule has 0 aliphatic rings. The maximum Gasteiger partial charge on any atom is 0.257 e. The normalized spacial score (nSPS) is 10.8. The highest BCUT2D eigenvalue weighted by Crippen LogP contribution is 2.30. The van der Waals surface area contributed by atoms with Crippen LogP contribution in [0.3, 0.4) is 0 Å². The first kappa shape index (κ1) is 16.6. The standard InChI is InChI=1S/C19H12Cl2N4O/c20-14-7-6-12(23-19(26)11-5-8-17(21)22-10-11)9-13(14)18-24-15-3-1-2-4-16(15)25-18/h1-10H,(H,23,26)(H,24,25). The van der Waals surface area contributed by atoms with E-state index < -0.39 is 0 Å². The van der Waals surface area contributed by atoms with Gasteiger partial charge in [0.2, 0.25) is 0 Å². The molecule has 0 radical (unpaired) electrons. The highest BCUT2D eigenvalue weighted by atomic mass is 35.5. The molecule has 0 bridgehead atoms. The fraction of sp³-hybridized carbons (Fsp3) is 0. The van der Waals surface area contributed by atoms with Gasteiger partial charge in [0.05, 0.1) is 21.6 Å². The lowest BCUT2D eigenvalue weighted by Crippen LogP contribution is -2.12. The molecule has 4 aromatic rings. The van der Waals surface area contributed by atoms with E-state index in [0.717, 1.165) is 11.0 Å². The van der Waals surface area contributed by atoms with Gasteiger partial charge in [-0.05, 0) is 42.5 Å². The van der Waals surface area contributed by atoms with E-state index in [0.29, 0.717) is 32.8 Å². The van der Waals surface area contributed by atoms with Crippen LogP contribution in [0, 0.1) is 0 Å². The van der Waals surface area contributed by atoms with Crippen LogP contribution in [0.15, 0.2) is 60.8 Å². The molecule has 7 heteroatoms. The van der Waals surface area contributed by atoms with Gasteiger partial charge in [0, 0.05) is 17.4 Å². The first-order valence-corrected chi connectivity index (χ1v) is 8.53. The van der Waals surface area contributed by atoms with Gasteiger partial charge in [0.15, 0.2) is 0 Å². The van der Waals surface area contributed by atoms with Crippen LogP contribution in [0.5, 0.6) is 0 Å². The molecule has 0 saturated carbocycles. The number of amides is 1. The summed E-state index contributed by atoms with van der Waals surface area (Å²) in [4.78, 5) is 24.1. The Morgan fingerprint density at radius 1 is 1.04 bits per heavy atom. The smallest absolute Gasteiger partial charge is 0.257 e. The molecular formula is C19H12Cl2N4O. The molecule has 0 atom stereocenters. The number of aromatic nitrogens is 3. The lowest BCUT2D eigenvalue weighted by Gasteiger charge is -2.08. The van der Waals surface area contributed by atoms with Crippen molar-refractivity contribution in [3.05, 3.63) is 76.5 Å². The number of carbonyl (C=O) groups excluding carboxylic acids is 1. The van der Waals surface area contributed by atoms with Crippen LogP contribution in [-0.4, -0.2) is 20.9 Å². The number of halogens is 2. The molecule has 0 unspecified atom stereocenters. The van der Waals surface area contributed by atoms with Crippen LogP contribution >= 0.6 is 23.2 Å². The van der Waals surface area contributed by atoms with Crippen LogP contribution in [0.4, 0.5) is 5.69 Å². The molecule has 0 saturated heterocycles. The molecule has 0 fully saturated rings. The van der Waals surface area contributed by atoms with E-state index in [1.54, 1.807) is 30.3 Å². The number of benzene rings is 2. The number of hydrogen-bond acceptors (Lipinski definition) is 3. The number of pyridine rings is 1. The van der Waals surface area contributed by atoms with Crippen molar-refractivity contribution in [2.45, 2.75) is 0 Å². The van der Waals surface area contributed by atoms with Gasteiger partial charge in [0.25, 0.3) is 5.91 Å². The van der Waals surface area contributed by atoms with Crippen molar-refractivity contribution < 1.29 is 4.79 Å². The van der Waals surface area contributed by atoms with Crippen LogP contribution in [0.1, 0.15) is 10.4 Å². The summed E-state index contributed by atoms with van der Waals surface area (Å²) in [5, 5.41) is 3.70. The summed E-state index contributed by atoms with van der Waals surface area (Å²) in [7, 11) is 0. The lowest BCUT2D eigenvalue weighted by atomic mass is 10.1. The zero-order valence-corrected chi connectivity index (χ0v) is 14.8. The Balaban J connectivity index is 1.65. The number of H-pyrrole nitrogens is 1. The van der Waals surface area contributed by atoms with Gasteiger partial charge in [-0.25, -0.2) is 9.97 Å². The molecule has 0 aliphatic heterocycles. The van der Waals surface area contributed by atoms with Gasteiger partial charge in [0.1, 0.15) is 11.0 Å². The van der Waals surface area contributed by atoms with Crippen molar-refractivity contribution >= 4 is 45.8 Å². The first-order chi connectivity index (χ1) is 12.6. The number of hydrogen-bond donors (Lipinski definition) is 2. The van der Waals surface area contributed by atoms with E-state index in [2.05, 4.69) is 20.3 Å². The van der Waals surface area contributed by atoms with Gasteiger partial charge in [-0.15, -0.1) is 0 Å². The Bertz CT molecular complexity index is 1070. The van der Waals surface area contributed by atoms with E-state index in [4.69, 9.17) is 23.2 Å². The van der Waals surface area contributed by atoms with Gasteiger partial charge in [-0.2, -0.15) is 0 Å². The predicted octanol–water partition coefficient (Wildman–Crippen LogP) is 5.18. The van der Waals surface area contributed by atoms with Crippen LogP contribution in [0.25, 0.3) is 22.4 Å². The second-order valence-corrected chi connectivity index (χ2v) is 6.42. The fourth-order valence-electron chi connectivity index (χ4n) is 2.58. The molecule has 0 spiro atoms. The monoisotopic (exact) mass is 382 g/mol. The number of aromatic amines is 1. The Kier molecular flexibility index (Phi) is 4.32. The molecule has 0 aliphatic carbocycles. The number of nitrogens with zero attached hydrogens (tertiary/aromatic N) is 2. The second-order valence-electron chi connectivity index (χ2n) is 5.62. The summed E-state index contributed by atoms with van der Waals surface area (Å²) in [6, 6.07) is 16.1. The first-order valence-electron chi connectivity index (χ1n) is 7.78. The summed E-state index contributed by atoms with van der Waals surface area (Å²) in [6.45, 7) is 0. The Labute approximate surface area is 159 Å². The minimum Gasteiger partial charge on any atom is -0.338 e. The van der Waals surface area contributed by atoms with Crippen molar-refractivity contribution in [1.82, 2.24) is 15.0 Å². The summed E-state index contributed by atoms with van der Waals surface area (Å²) in [5.74, 6) is 0.354. The predicted molar refractivity (Wildman–Crippen MR) is 104 cm³/mol. The quantitative estimate of drug-likeness (QED) is 0.479. The zero-order chi connectivity index (χ0) is 18.1. The van der Waals surface area contributed by atoms with Gasteiger partial charge in [-0.3, -0.25) is 4.79 Å². The largest absolute Gasteiger partial charge is 0.338 e. The third-order valence-corrected chi connectivity index (χ3v) is 4.41. The van der Waals surface area contributed by atoms with Crippen molar-refractivity contribution in [2.24, 2.45) is 0 Å². The van der Waals surface area contributed by atoms with Gasteiger partial charge < -0.3 is 10.3 Å². The summed E-state index contributed by atoms with van der Waals surface area (Å²) >= 11 is 12.1. The minimum absolute atomic E-state index is 0.285. The number of anilines is 1. The van der Waals surface area contributed by atoms with Gasteiger partial charge >= 0.3 is 0 Å². The Morgan fingerprint density at radius 2 is 1.88 bits per heavy atom. The molecule has 2 heterocycles. The van der Waals surface area contributed by atoms with Gasteiger partial charge in [-0.1, -0.05) is 35.3 Å². The summed E-state index contributed by atoms with van der Waals surface area (Å²) < 4.78 is 0. The molecule has 1 amide bonds. The molecule has 2 aromatic carbocycles. The third-order valence-electron chi connectivity index (χ3n) is 3.86. The maximum atomic E-state index is 12.3. The van der Waals surface area contributed by atoms with E-state index >= 15 is 0 Å². The highest BCUT2D eigenvalue weighted by molar-refractivity contribution is 6.33. The Hall–Kier alpha value is -2.89. The fourth-order valence-corrected chi connectivity index (χ4v) is 2.90. The molecule has 26 heavy (non-hydrogen) atoms. The number of imidazole rings is 1. The van der Waals surface area contributed by atoms with Crippen molar-refractivity contribution in [3.8, 4) is 11.4 Å². The van der Waals surface area contributed by atoms with E-state index in [9.17, 15) is 4.79 Å². The number of rotatable bonds is 3. The van der Waals surface area contributed by atoms with E-state index in [1.807, 2.05) is 24.3 Å². The number of nitrogens with one attached hydrogen (secondary N) is 2. The van der Waals surface area contributed by atoms with Crippen molar-refractivity contribution in [1.29, 1.82) is 0 Å². The van der Waals surface area contributed by atoms with Crippen LogP contribution in [0.2, 0.25) is 10.2 Å². The average molecular weight is 383 g/mol. The summed E-state index contributed by atoms with van der Waals surface area (Å²) in [5.41, 5.74) is 3.48. The number of carbonyl (C=O) groups is 1. The molecule has 4 rings (SSSR count). The minimum atomic E-state index is -0.285. The van der Waals surface area contributed by atoms with Crippen molar-refractivity contribution in [3.63, 3.8) is 0 Å². The lowest BCUT2D eigenvalue weighted by molar-refractivity contribution is 0.102. The van der Waals surface area contributed by atoms with Crippen LogP contribution in [-0.2, 0) is 0 Å². The molecule has 5 nitrogen and oxygen atoms in total. The molecule has 2 aromatic heterocycles. The average Bonchev–Trinajstić information content (AvgIpc) is 3.07. The molecule has 128 valence electrons. The van der Waals surface area contributed by atoms with Crippen molar-refractivity contribution in [2.75, 3.05) is 5.32 Å².